The van der Waals surface area contributed by atoms with Gasteiger partial charge in [0.25, 0.3) is 0 Å². The molecule has 17 heavy (non-hydrogen) atoms. The van der Waals surface area contributed by atoms with E-state index in [9.17, 15) is 0 Å². The Morgan fingerprint density at radius 2 is 2.24 bits per heavy atom. The number of aromatic amines is 1. The number of imidazole rings is 1. The Bertz CT molecular complexity index is 541. The fourth-order valence-electron chi connectivity index (χ4n) is 2.52. The van der Waals surface area contributed by atoms with E-state index >= 15 is 0 Å². The van der Waals surface area contributed by atoms with Crippen LogP contribution in [0.5, 0.6) is 0 Å². The van der Waals surface area contributed by atoms with Crippen molar-refractivity contribution in [3.05, 3.63) is 28.0 Å². The third kappa shape index (κ3) is 2.11. The number of H-pyrrole nitrogens is 1. The second-order valence-electron chi connectivity index (χ2n) is 4.74. The van der Waals surface area contributed by atoms with Crippen molar-refractivity contribution in [1.82, 2.24) is 15.3 Å². The maximum absolute atomic E-state index is 4.74. The lowest BCUT2D eigenvalue weighted by Crippen LogP contribution is -2.27. The predicted octanol–water partition coefficient (Wildman–Crippen LogP) is 3.45. The third-order valence-electron chi connectivity index (χ3n) is 3.40. The molecule has 1 aliphatic rings. The van der Waals surface area contributed by atoms with Crippen molar-refractivity contribution in [2.75, 3.05) is 6.54 Å². The topological polar surface area (TPSA) is 40.7 Å². The summed E-state index contributed by atoms with van der Waals surface area (Å²) in [6, 6.07) is 4.61. The third-order valence-corrected chi connectivity index (χ3v) is 3.86. The molecule has 3 rings (SSSR count). The van der Waals surface area contributed by atoms with E-state index in [1.165, 1.54) is 24.8 Å². The summed E-state index contributed by atoms with van der Waals surface area (Å²) >= 11 is 3.53. The Morgan fingerprint density at radius 3 is 3.00 bits per heavy atom. The molecule has 1 unspecified atom stereocenters. The van der Waals surface area contributed by atoms with Crippen molar-refractivity contribution < 1.29 is 0 Å². The number of nitrogens with one attached hydrogen (secondary N) is 2. The molecule has 1 saturated heterocycles. The molecule has 0 spiro atoms. The van der Waals surface area contributed by atoms with Crippen LogP contribution >= 0.6 is 15.9 Å². The van der Waals surface area contributed by atoms with E-state index in [0.29, 0.717) is 6.04 Å². The Hall–Kier alpha value is -0.870. The minimum atomic E-state index is 0.398. The number of halogens is 1. The van der Waals surface area contributed by atoms with Gasteiger partial charge in [-0.05, 0) is 44.0 Å². The van der Waals surface area contributed by atoms with Gasteiger partial charge in [-0.1, -0.05) is 22.4 Å². The van der Waals surface area contributed by atoms with Crippen LogP contribution in [-0.2, 0) is 0 Å². The van der Waals surface area contributed by atoms with Crippen LogP contribution in [0.2, 0.25) is 0 Å². The number of aromatic nitrogens is 2. The predicted molar refractivity (Wildman–Crippen MR) is 73.1 cm³/mol. The molecule has 1 atom stereocenters. The second-order valence-corrected chi connectivity index (χ2v) is 5.66. The van der Waals surface area contributed by atoms with Crippen LogP contribution in [0, 0.1) is 6.92 Å². The summed E-state index contributed by atoms with van der Waals surface area (Å²) in [6.07, 6.45) is 3.75. The van der Waals surface area contributed by atoms with Crippen molar-refractivity contribution in [3.63, 3.8) is 0 Å². The Kier molecular flexibility index (Phi) is 2.92. The van der Waals surface area contributed by atoms with E-state index < -0.39 is 0 Å². The Labute approximate surface area is 109 Å². The van der Waals surface area contributed by atoms with Gasteiger partial charge in [0.1, 0.15) is 5.82 Å². The standard InChI is InChI=1S/C13H16BrN3/c1-8-6-9(14)7-11-12(8)17-13(16-11)10-4-2-3-5-15-10/h6-7,10,15H,2-5H2,1H3,(H,16,17). The van der Waals surface area contributed by atoms with Gasteiger partial charge in [0, 0.05) is 4.47 Å². The molecule has 1 aliphatic heterocycles. The summed E-state index contributed by atoms with van der Waals surface area (Å²) in [7, 11) is 0. The number of rotatable bonds is 1. The molecule has 1 aromatic heterocycles. The molecular weight excluding hydrogens is 278 g/mol. The average Bonchev–Trinajstić information content (AvgIpc) is 2.74. The van der Waals surface area contributed by atoms with Gasteiger partial charge in [0.15, 0.2) is 0 Å². The average molecular weight is 294 g/mol. The fraction of sp³-hybridized carbons (Fsp3) is 0.462. The zero-order chi connectivity index (χ0) is 11.8. The van der Waals surface area contributed by atoms with Crippen molar-refractivity contribution in [3.8, 4) is 0 Å². The molecule has 4 heteroatoms. The smallest absolute Gasteiger partial charge is 0.124 e. The number of benzene rings is 1. The molecule has 0 aliphatic carbocycles. The van der Waals surface area contributed by atoms with Gasteiger partial charge in [-0.25, -0.2) is 4.98 Å². The van der Waals surface area contributed by atoms with Gasteiger partial charge < -0.3 is 10.3 Å². The molecule has 1 fully saturated rings. The van der Waals surface area contributed by atoms with Gasteiger partial charge in [-0.15, -0.1) is 0 Å². The van der Waals surface area contributed by atoms with Crippen LogP contribution in [0.3, 0.4) is 0 Å². The van der Waals surface area contributed by atoms with E-state index in [-0.39, 0.29) is 0 Å². The quantitative estimate of drug-likeness (QED) is 0.845. The molecule has 2 aromatic rings. The highest BCUT2D eigenvalue weighted by atomic mass is 79.9. The van der Waals surface area contributed by atoms with Crippen LogP contribution in [-0.4, -0.2) is 16.5 Å². The first-order valence-corrected chi connectivity index (χ1v) is 6.92. The van der Waals surface area contributed by atoms with Gasteiger partial charge in [0.05, 0.1) is 17.1 Å². The summed E-state index contributed by atoms with van der Waals surface area (Å²) in [5.74, 6) is 1.08. The summed E-state index contributed by atoms with van der Waals surface area (Å²) < 4.78 is 1.11. The second kappa shape index (κ2) is 4.42. The molecule has 2 N–H and O–H groups in total. The largest absolute Gasteiger partial charge is 0.341 e. The van der Waals surface area contributed by atoms with E-state index in [1.807, 2.05) is 0 Å². The number of fused-ring (bicyclic) bond motifs is 1. The zero-order valence-corrected chi connectivity index (χ0v) is 11.5. The zero-order valence-electron chi connectivity index (χ0n) is 9.89. The van der Waals surface area contributed by atoms with Gasteiger partial charge in [-0.2, -0.15) is 0 Å². The first kappa shape index (κ1) is 11.2. The van der Waals surface area contributed by atoms with Crippen LogP contribution in [0.25, 0.3) is 11.0 Å². The number of hydrogen-bond donors (Lipinski definition) is 2. The Balaban J connectivity index is 2.03. The number of nitrogens with zero attached hydrogens (tertiary/aromatic N) is 1. The van der Waals surface area contributed by atoms with E-state index in [1.54, 1.807) is 0 Å². The normalized spacial score (nSPS) is 20.9. The molecule has 0 amide bonds. The molecule has 1 aromatic carbocycles. The molecule has 3 nitrogen and oxygen atoms in total. The molecule has 0 radical (unpaired) electrons. The van der Waals surface area contributed by atoms with Gasteiger partial charge >= 0.3 is 0 Å². The van der Waals surface area contributed by atoms with E-state index in [0.717, 1.165) is 27.9 Å². The van der Waals surface area contributed by atoms with Crippen molar-refractivity contribution in [2.45, 2.75) is 32.2 Å². The summed E-state index contributed by atoms with van der Waals surface area (Å²) in [6.45, 7) is 3.20. The highest BCUT2D eigenvalue weighted by Gasteiger charge is 2.18. The monoisotopic (exact) mass is 293 g/mol. The Morgan fingerprint density at radius 1 is 1.35 bits per heavy atom. The molecule has 2 heterocycles. The van der Waals surface area contributed by atoms with Crippen LogP contribution < -0.4 is 5.32 Å². The maximum Gasteiger partial charge on any atom is 0.124 e. The highest BCUT2D eigenvalue weighted by molar-refractivity contribution is 9.10. The molecule has 0 saturated carbocycles. The van der Waals surface area contributed by atoms with Crippen LogP contribution in [0.15, 0.2) is 16.6 Å². The van der Waals surface area contributed by atoms with Crippen molar-refractivity contribution >= 4 is 27.0 Å². The van der Waals surface area contributed by atoms with Gasteiger partial charge in [-0.3, -0.25) is 0 Å². The summed E-state index contributed by atoms with van der Waals surface area (Å²) in [5, 5.41) is 3.52. The van der Waals surface area contributed by atoms with Crippen molar-refractivity contribution in [2.24, 2.45) is 0 Å². The van der Waals surface area contributed by atoms with Crippen LogP contribution in [0.4, 0.5) is 0 Å². The summed E-state index contributed by atoms with van der Waals surface area (Å²) in [4.78, 5) is 8.18. The van der Waals surface area contributed by atoms with Gasteiger partial charge in [0.2, 0.25) is 0 Å². The number of piperidine rings is 1. The lowest BCUT2D eigenvalue weighted by molar-refractivity contribution is 0.400. The van der Waals surface area contributed by atoms with Crippen molar-refractivity contribution in [1.29, 1.82) is 0 Å². The molecule has 0 bridgehead atoms. The lowest BCUT2D eigenvalue weighted by atomic mass is 10.0. The maximum atomic E-state index is 4.74. The SMILES string of the molecule is Cc1cc(Br)cc2[nH]c(C3CCCCN3)nc12. The lowest BCUT2D eigenvalue weighted by Gasteiger charge is -2.21. The van der Waals surface area contributed by atoms with E-state index in [4.69, 9.17) is 4.98 Å². The number of aryl methyl sites for hydroxylation is 1. The fourth-order valence-corrected chi connectivity index (χ4v) is 3.09. The number of hydrogen-bond acceptors (Lipinski definition) is 2. The highest BCUT2D eigenvalue weighted by Crippen LogP contribution is 2.26. The van der Waals surface area contributed by atoms with E-state index in [2.05, 4.69) is 45.3 Å². The first-order chi connectivity index (χ1) is 8.24. The molecule has 90 valence electrons. The minimum absolute atomic E-state index is 0.398. The first-order valence-electron chi connectivity index (χ1n) is 6.13. The molecular formula is C13H16BrN3. The minimum Gasteiger partial charge on any atom is -0.341 e. The van der Waals surface area contributed by atoms with Crippen LogP contribution in [0.1, 0.15) is 36.7 Å². The summed E-state index contributed by atoms with van der Waals surface area (Å²) in [5.41, 5.74) is 3.43.